The molecule has 0 bridgehead atoms. The van der Waals surface area contributed by atoms with E-state index in [2.05, 4.69) is 4.90 Å². The largest absolute Gasteiger partial charge is 0.488 e. The number of hydrogen-bond donors (Lipinski definition) is 2. The molecule has 0 atom stereocenters. The molecule has 1 aromatic rings. The van der Waals surface area contributed by atoms with Crippen molar-refractivity contribution in [1.82, 2.24) is 4.90 Å². The predicted octanol–water partition coefficient (Wildman–Crippen LogP) is 0.748. The molecule has 7 nitrogen and oxygen atoms in total. The van der Waals surface area contributed by atoms with E-state index in [9.17, 15) is 9.59 Å². The van der Waals surface area contributed by atoms with E-state index < -0.39 is 12.0 Å². The van der Waals surface area contributed by atoms with E-state index in [1.165, 1.54) is 4.90 Å². The molecule has 0 saturated carbocycles. The van der Waals surface area contributed by atoms with Gasteiger partial charge < -0.3 is 25.4 Å². The van der Waals surface area contributed by atoms with Gasteiger partial charge in [-0.2, -0.15) is 0 Å². The number of benzene rings is 1. The van der Waals surface area contributed by atoms with Gasteiger partial charge in [-0.05, 0) is 18.2 Å². The molecule has 0 aromatic heterocycles. The van der Waals surface area contributed by atoms with Gasteiger partial charge in [-0.25, -0.2) is 4.79 Å². The third-order valence-corrected chi connectivity index (χ3v) is 3.94. The summed E-state index contributed by atoms with van der Waals surface area (Å²) in [6.45, 7) is 2.44. The van der Waals surface area contributed by atoms with E-state index in [4.69, 9.17) is 15.6 Å². The first kappa shape index (κ1) is 14.2. The van der Waals surface area contributed by atoms with Crippen molar-refractivity contribution in [1.29, 1.82) is 0 Å². The summed E-state index contributed by atoms with van der Waals surface area (Å²) in [6.07, 6.45) is 0.866. The van der Waals surface area contributed by atoms with Crippen LogP contribution in [0.1, 0.15) is 5.56 Å². The SMILES string of the molecule is NC(=O)C1=Cc2ccc(N3CCN(C(=O)O)CC3)cc2OC1. The number of fused-ring (bicyclic) bond motifs is 1. The highest BCUT2D eigenvalue weighted by atomic mass is 16.5. The van der Waals surface area contributed by atoms with Crippen LogP contribution in [0.3, 0.4) is 0 Å². The molecule has 1 fully saturated rings. The molecule has 2 heterocycles. The fourth-order valence-corrected chi connectivity index (χ4v) is 2.65. The first-order valence-electron chi connectivity index (χ1n) is 7.04. The van der Waals surface area contributed by atoms with E-state index in [0.29, 0.717) is 37.5 Å². The van der Waals surface area contributed by atoms with Crippen molar-refractivity contribution in [2.75, 3.05) is 37.7 Å². The number of ether oxygens (including phenoxy) is 1. The molecule has 1 aromatic carbocycles. The molecular weight excluding hydrogens is 286 g/mol. The van der Waals surface area contributed by atoms with Crippen LogP contribution < -0.4 is 15.4 Å². The summed E-state index contributed by atoms with van der Waals surface area (Å²) in [5.41, 5.74) is 7.53. The first-order valence-corrected chi connectivity index (χ1v) is 7.04. The van der Waals surface area contributed by atoms with Gasteiger partial charge in [0.1, 0.15) is 12.4 Å². The van der Waals surface area contributed by atoms with Crippen molar-refractivity contribution in [3.63, 3.8) is 0 Å². The van der Waals surface area contributed by atoms with Crippen LogP contribution in [0.4, 0.5) is 10.5 Å². The summed E-state index contributed by atoms with van der Waals surface area (Å²) < 4.78 is 5.59. The Bertz CT molecular complexity index is 648. The lowest BCUT2D eigenvalue weighted by Crippen LogP contribution is -2.48. The van der Waals surface area contributed by atoms with Gasteiger partial charge in [-0.15, -0.1) is 0 Å². The lowest BCUT2D eigenvalue weighted by molar-refractivity contribution is -0.114. The molecule has 0 aliphatic carbocycles. The number of nitrogens with zero attached hydrogens (tertiary/aromatic N) is 2. The van der Waals surface area contributed by atoms with Crippen molar-refractivity contribution in [3.05, 3.63) is 29.3 Å². The number of hydrogen-bond acceptors (Lipinski definition) is 4. The summed E-state index contributed by atoms with van der Waals surface area (Å²) in [5, 5.41) is 8.97. The smallest absolute Gasteiger partial charge is 0.407 e. The quantitative estimate of drug-likeness (QED) is 0.840. The average Bonchev–Trinajstić information content (AvgIpc) is 2.54. The van der Waals surface area contributed by atoms with Gasteiger partial charge in [-0.3, -0.25) is 4.79 Å². The van der Waals surface area contributed by atoms with Crippen LogP contribution in [0.25, 0.3) is 6.08 Å². The van der Waals surface area contributed by atoms with E-state index in [-0.39, 0.29) is 6.61 Å². The molecule has 7 heteroatoms. The molecule has 3 rings (SSSR count). The van der Waals surface area contributed by atoms with Crippen LogP contribution in [0, 0.1) is 0 Å². The van der Waals surface area contributed by atoms with Gasteiger partial charge in [0.05, 0.1) is 5.57 Å². The van der Waals surface area contributed by atoms with E-state index in [1.54, 1.807) is 6.08 Å². The second-order valence-electron chi connectivity index (χ2n) is 5.30. The summed E-state index contributed by atoms with van der Waals surface area (Å²) in [5.74, 6) is 0.239. The van der Waals surface area contributed by atoms with Gasteiger partial charge in [-0.1, -0.05) is 0 Å². The predicted molar refractivity (Wildman–Crippen MR) is 80.9 cm³/mol. The Hall–Kier alpha value is -2.70. The van der Waals surface area contributed by atoms with Gasteiger partial charge >= 0.3 is 6.09 Å². The highest BCUT2D eigenvalue weighted by molar-refractivity contribution is 5.98. The molecule has 2 amide bonds. The number of amides is 2. The zero-order valence-corrected chi connectivity index (χ0v) is 12.0. The molecule has 0 radical (unpaired) electrons. The van der Waals surface area contributed by atoms with Crippen molar-refractivity contribution < 1.29 is 19.4 Å². The van der Waals surface area contributed by atoms with Crippen LogP contribution >= 0.6 is 0 Å². The highest BCUT2D eigenvalue weighted by Crippen LogP contribution is 2.31. The number of primary amides is 1. The Morgan fingerprint density at radius 3 is 2.55 bits per heavy atom. The van der Waals surface area contributed by atoms with Crippen LogP contribution in [0.2, 0.25) is 0 Å². The average molecular weight is 303 g/mol. The van der Waals surface area contributed by atoms with Gasteiger partial charge in [0.2, 0.25) is 5.91 Å². The Morgan fingerprint density at radius 2 is 1.91 bits per heavy atom. The zero-order valence-electron chi connectivity index (χ0n) is 12.0. The second-order valence-corrected chi connectivity index (χ2v) is 5.30. The Morgan fingerprint density at radius 1 is 1.18 bits per heavy atom. The Labute approximate surface area is 127 Å². The van der Waals surface area contributed by atoms with Crippen molar-refractivity contribution in [3.8, 4) is 5.75 Å². The minimum absolute atomic E-state index is 0.179. The molecule has 3 N–H and O–H groups in total. The normalized spacial score (nSPS) is 17.4. The number of piperazine rings is 1. The van der Waals surface area contributed by atoms with Gasteiger partial charge in [0, 0.05) is 43.5 Å². The Kier molecular flexibility index (Phi) is 3.62. The van der Waals surface area contributed by atoms with Crippen LogP contribution in [-0.4, -0.2) is 54.8 Å². The Balaban J connectivity index is 1.76. The lowest BCUT2D eigenvalue weighted by Gasteiger charge is -2.35. The minimum Gasteiger partial charge on any atom is -0.488 e. The molecule has 0 spiro atoms. The summed E-state index contributed by atoms with van der Waals surface area (Å²) in [7, 11) is 0. The van der Waals surface area contributed by atoms with E-state index >= 15 is 0 Å². The highest BCUT2D eigenvalue weighted by Gasteiger charge is 2.22. The number of carbonyl (C=O) groups is 2. The fraction of sp³-hybridized carbons (Fsp3) is 0.333. The maximum atomic E-state index is 11.2. The number of anilines is 1. The molecule has 1 saturated heterocycles. The molecular formula is C15H17N3O4. The van der Waals surface area contributed by atoms with Gasteiger partial charge in [0.25, 0.3) is 0 Å². The van der Waals surface area contributed by atoms with Crippen LogP contribution in [0.5, 0.6) is 5.75 Å². The van der Waals surface area contributed by atoms with Crippen molar-refractivity contribution in [2.45, 2.75) is 0 Å². The number of nitrogens with two attached hydrogens (primary N) is 1. The summed E-state index contributed by atoms with van der Waals surface area (Å²) in [6, 6.07) is 5.75. The van der Waals surface area contributed by atoms with E-state index in [0.717, 1.165) is 11.3 Å². The number of carbonyl (C=O) groups excluding carboxylic acids is 1. The molecule has 116 valence electrons. The topological polar surface area (TPSA) is 96.1 Å². The maximum Gasteiger partial charge on any atom is 0.407 e. The second kappa shape index (κ2) is 5.59. The van der Waals surface area contributed by atoms with Crippen LogP contribution in [-0.2, 0) is 4.79 Å². The fourth-order valence-electron chi connectivity index (χ4n) is 2.65. The number of carboxylic acid groups (broad SMARTS) is 1. The zero-order chi connectivity index (χ0) is 15.7. The molecule has 2 aliphatic heterocycles. The third kappa shape index (κ3) is 2.69. The summed E-state index contributed by atoms with van der Waals surface area (Å²) in [4.78, 5) is 25.6. The molecule has 0 unspecified atom stereocenters. The maximum absolute atomic E-state index is 11.2. The monoisotopic (exact) mass is 303 g/mol. The van der Waals surface area contributed by atoms with E-state index in [1.807, 2.05) is 18.2 Å². The molecule has 22 heavy (non-hydrogen) atoms. The standard InChI is InChI=1S/C15H17N3O4/c16-14(19)11-7-10-1-2-12(8-13(10)22-9-11)17-3-5-18(6-4-17)15(20)21/h1-2,7-8H,3-6,9H2,(H2,16,19)(H,20,21). The van der Waals surface area contributed by atoms with Crippen molar-refractivity contribution in [2.24, 2.45) is 5.73 Å². The third-order valence-electron chi connectivity index (χ3n) is 3.94. The number of rotatable bonds is 2. The first-order chi connectivity index (χ1) is 10.5. The lowest BCUT2D eigenvalue weighted by atomic mass is 10.1. The molecule has 2 aliphatic rings. The summed E-state index contributed by atoms with van der Waals surface area (Å²) >= 11 is 0. The van der Waals surface area contributed by atoms with Gasteiger partial charge in [0.15, 0.2) is 0 Å². The van der Waals surface area contributed by atoms with Crippen LogP contribution in [0.15, 0.2) is 23.8 Å². The minimum atomic E-state index is -0.877. The van der Waals surface area contributed by atoms with Crippen molar-refractivity contribution >= 4 is 23.8 Å².